The van der Waals surface area contributed by atoms with E-state index in [1.165, 1.54) is 12.1 Å². The lowest BCUT2D eigenvalue weighted by Crippen LogP contribution is -2.03. The summed E-state index contributed by atoms with van der Waals surface area (Å²) in [6, 6.07) is 12.2. The van der Waals surface area contributed by atoms with Gasteiger partial charge in [0.05, 0.1) is 0 Å². The van der Waals surface area contributed by atoms with E-state index in [-0.39, 0.29) is 5.82 Å². The molecular formula is C14H12Cl2FN. The van der Waals surface area contributed by atoms with Gasteiger partial charge in [-0.3, -0.25) is 0 Å². The molecule has 0 unspecified atom stereocenters. The van der Waals surface area contributed by atoms with Gasteiger partial charge in [-0.25, -0.2) is 4.39 Å². The van der Waals surface area contributed by atoms with Crippen molar-refractivity contribution in [2.24, 2.45) is 0 Å². The molecule has 0 atom stereocenters. The second-order valence-electron chi connectivity index (χ2n) is 3.88. The molecule has 0 spiro atoms. The van der Waals surface area contributed by atoms with Crippen LogP contribution < -0.4 is 5.32 Å². The molecule has 4 heteroatoms. The normalized spacial score (nSPS) is 10.4. The Morgan fingerprint density at radius 2 is 1.83 bits per heavy atom. The van der Waals surface area contributed by atoms with Gasteiger partial charge in [0.15, 0.2) is 0 Å². The van der Waals surface area contributed by atoms with Gasteiger partial charge in [0.25, 0.3) is 0 Å². The number of hydrogen-bond donors (Lipinski definition) is 1. The zero-order valence-electron chi connectivity index (χ0n) is 9.59. The summed E-state index contributed by atoms with van der Waals surface area (Å²) < 4.78 is 13.5. The molecule has 0 aromatic heterocycles. The number of para-hydroxylation sites is 1. The number of benzene rings is 2. The minimum Gasteiger partial charge on any atom is -0.381 e. The van der Waals surface area contributed by atoms with Gasteiger partial charge >= 0.3 is 0 Å². The molecule has 94 valence electrons. The van der Waals surface area contributed by atoms with Gasteiger partial charge < -0.3 is 5.32 Å². The number of alkyl halides is 1. The second kappa shape index (κ2) is 6.07. The zero-order chi connectivity index (χ0) is 13.0. The Morgan fingerprint density at radius 1 is 1.06 bits per heavy atom. The first kappa shape index (κ1) is 13.2. The van der Waals surface area contributed by atoms with Gasteiger partial charge in [0.2, 0.25) is 0 Å². The first-order chi connectivity index (χ1) is 8.70. The van der Waals surface area contributed by atoms with Gasteiger partial charge in [-0.2, -0.15) is 0 Å². The van der Waals surface area contributed by atoms with Gasteiger partial charge in [-0.15, -0.1) is 11.6 Å². The highest BCUT2D eigenvalue weighted by molar-refractivity contribution is 6.30. The average Bonchev–Trinajstić information content (AvgIpc) is 2.40. The smallest absolute Gasteiger partial charge is 0.128 e. The third-order valence-corrected chi connectivity index (χ3v) is 3.16. The molecule has 0 fully saturated rings. The van der Waals surface area contributed by atoms with Crippen LogP contribution in [0.1, 0.15) is 11.1 Å². The lowest BCUT2D eigenvalue weighted by Gasteiger charge is -2.11. The molecule has 2 aromatic carbocycles. The largest absolute Gasteiger partial charge is 0.381 e. The monoisotopic (exact) mass is 283 g/mol. The van der Waals surface area contributed by atoms with Gasteiger partial charge in [-0.1, -0.05) is 29.8 Å². The van der Waals surface area contributed by atoms with Crippen LogP contribution in [0, 0.1) is 5.82 Å². The summed E-state index contributed by atoms with van der Waals surface area (Å²) in [5.74, 6) is 0.150. The topological polar surface area (TPSA) is 12.0 Å². The first-order valence-corrected chi connectivity index (χ1v) is 6.43. The summed E-state index contributed by atoms with van der Waals surface area (Å²) in [7, 11) is 0. The van der Waals surface area contributed by atoms with Gasteiger partial charge in [0.1, 0.15) is 5.82 Å². The number of nitrogens with one attached hydrogen (secondary N) is 1. The zero-order valence-corrected chi connectivity index (χ0v) is 11.1. The Balaban J connectivity index is 2.14. The van der Waals surface area contributed by atoms with Crippen molar-refractivity contribution in [2.75, 3.05) is 5.32 Å². The standard InChI is InChI=1S/C14H12Cl2FN/c15-8-10-3-1-2-4-14(10)18-9-11-7-12(16)5-6-13(11)17/h1-7,18H,8-9H2. The Morgan fingerprint density at radius 3 is 2.61 bits per heavy atom. The minimum atomic E-state index is -0.268. The average molecular weight is 284 g/mol. The van der Waals surface area contributed by atoms with Crippen LogP contribution in [-0.2, 0) is 12.4 Å². The third kappa shape index (κ3) is 3.15. The quantitative estimate of drug-likeness (QED) is 0.793. The van der Waals surface area contributed by atoms with Crippen molar-refractivity contribution in [1.82, 2.24) is 0 Å². The van der Waals surface area contributed by atoms with Crippen LogP contribution in [0.25, 0.3) is 0 Å². The fourth-order valence-corrected chi connectivity index (χ4v) is 2.11. The molecule has 0 saturated heterocycles. The summed E-state index contributed by atoms with van der Waals surface area (Å²) in [5.41, 5.74) is 2.43. The van der Waals surface area contributed by atoms with E-state index in [0.29, 0.717) is 23.0 Å². The van der Waals surface area contributed by atoms with E-state index >= 15 is 0 Å². The fourth-order valence-electron chi connectivity index (χ4n) is 1.68. The molecule has 1 N–H and O–H groups in total. The first-order valence-electron chi connectivity index (χ1n) is 5.52. The molecule has 2 aromatic rings. The summed E-state index contributed by atoms with van der Waals surface area (Å²) >= 11 is 11.7. The highest BCUT2D eigenvalue weighted by atomic mass is 35.5. The van der Waals surface area contributed by atoms with E-state index in [2.05, 4.69) is 5.32 Å². The van der Waals surface area contributed by atoms with Crippen LogP contribution in [0.2, 0.25) is 5.02 Å². The second-order valence-corrected chi connectivity index (χ2v) is 4.58. The maximum Gasteiger partial charge on any atom is 0.128 e. The molecule has 0 saturated carbocycles. The maximum absolute atomic E-state index is 13.5. The Labute approximate surface area is 116 Å². The number of halogens is 3. The van der Waals surface area contributed by atoms with Crippen molar-refractivity contribution in [3.05, 3.63) is 64.4 Å². The lowest BCUT2D eigenvalue weighted by molar-refractivity contribution is 0.613. The molecule has 0 aliphatic carbocycles. The Hall–Kier alpha value is -1.25. The van der Waals surface area contributed by atoms with Gasteiger partial charge in [0, 0.05) is 28.7 Å². The van der Waals surface area contributed by atoms with Crippen LogP contribution in [0.4, 0.5) is 10.1 Å². The number of rotatable bonds is 4. The molecule has 18 heavy (non-hydrogen) atoms. The molecule has 0 aliphatic rings. The van der Waals surface area contributed by atoms with Crippen molar-refractivity contribution in [2.45, 2.75) is 12.4 Å². The predicted octanol–water partition coefficient (Wildman–Crippen LogP) is 4.83. The SMILES string of the molecule is Fc1ccc(Cl)cc1CNc1ccccc1CCl. The van der Waals surface area contributed by atoms with Crippen LogP contribution in [0.5, 0.6) is 0 Å². The van der Waals surface area contributed by atoms with Crippen LogP contribution in [0.3, 0.4) is 0 Å². The molecule has 0 radical (unpaired) electrons. The Kier molecular flexibility index (Phi) is 4.45. The molecule has 2 rings (SSSR count). The van der Waals surface area contributed by atoms with Crippen molar-refractivity contribution < 1.29 is 4.39 Å². The van der Waals surface area contributed by atoms with Gasteiger partial charge in [-0.05, 0) is 29.8 Å². The van der Waals surface area contributed by atoms with E-state index in [1.807, 2.05) is 24.3 Å². The van der Waals surface area contributed by atoms with E-state index in [9.17, 15) is 4.39 Å². The molecule has 0 heterocycles. The summed E-state index contributed by atoms with van der Waals surface area (Å²) in [5, 5.41) is 3.69. The maximum atomic E-state index is 13.5. The summed E-state index contributed by atoms with van der Waals surface area (Å²) in [6.45, 7) is 0.375. The summed E-state index contributed by atoms with van der Waals surface area (Å²) in [6.07, 6.45) is 0. The van der Waals surface area contributed by atoms with Crippen LogP contribution in [-0.4, -0.2) is 0 Å². The molecule has 0 bridgehead atoms. The highest BCUT2D eigenvalue weighted by Gasteiger charge is 2.04. The lowest BCUT2D eigenvalue weighted by atomic mass is 10.1. The van der Waals surface area contributed by atoms with Crippen LogP contribution in [0.15, 0.2) is 42.5 Å². The van der Waals surface area contributed by atoms with E-state index in [4.69, 9.17) is 23.2 Å². The van der Waals surface area contributed by atoms with E-state index < -0.39 is 0 Å². The third-order valence-electron chi connectivity index (χ3n) is 2.64. The molecular weight excluding hydrogens is 272 g/mol. The van der Waals surface area contributed by atoms with Crippen molar-refractivity contribution in [1.29, 1.82) is 0 Å². The minimum absolute atomic E-state index is 0.268. The van der Waals surface area contributed by atoms with Crippen molar-refractivity contribution >= 4 is 28.9 Å². The fraction of sp³-hybridized carbons (Fsp3) is 0.143. The highest BCUT2D eigenvalue weighted by Crippen LogP contribution is 2.20. The molecule has 0 amide bonds. The van der Waals surface area contributed by atoms with E-state index in [0.717, 1.165) is 11.3 Å². The summed E-state index contributed by atoms with van der Waals surface area (Å²) in [4.78, 5) is 0. The van der Waals surface area contributed by atoms with E-state index in [1.54, 1.807) is 6.07 Å². The Bertz CT molecular complexity index is 543. The van der Waals surface area contributed by atoms with Crippen molar-refractivity contribution in [3.63, 3.8) is 0 Å². The predicted molar refractivity (Wildman–Crippen MR) is 74.7 cm³/mol. The number of anilines is 1. The number of hydrogen-bond acceptors (Lipinski definition) is 1. The molecule has 1 nitrogen and oxygen atoms in total. The van der Waals surface area contributed by atoms with Crippen molar-refractivity contribution in [3.8, 4) is 0 Å². The molecule has 0 aliphatic heterocycles. The van der Waals surface area contributed by atoms with Crippen LogP contribution >= 0.6 is 23.2 Å².